The van der Waals surface area contributed by atoms with Crippen LogP contribution in [0.1, 0.15) is 5.69 Å². The van der Waals surface area contributed by atoms with Crippen LogP contribution in [-0.4, -0.2) is 32.7 Å². The summed E-state index contributed by atoms with van der Waals surface area (Å²) in [6.07, 6.45) is -3.57. The quantitative estimate of drug-likeness (QED) is 0.561. The standard InChI is InChI=1S/C14H10F5N5O/c15-8-1-2-10(9(16)5-8)25-4-3-20-12-6-11(14(17,18)19)23-13-21-7-22-24(12)13/h1-2,5-7,20H,3-4H2. The zero-order valence-corrected chi connectivity index (χ0v) is 12.4. The Bertz CT molecular complexity index is 895. The number of hydrogen-bond donors (Lipinski definition) is 1. The molecule has 0 aliphatic carbocycles. The Balaban J connectivity index is 1.69. The number of aromatic nitrogens is 4. The lowest BCUT2D eigenvalue weighted by Gasteiger charge is -2.12. The highest BCUT2D eigenvalue weighted by atomic mass is 19.4. The molecule has 3 rings (SSSR count). The maximum absolute atomic E-state index is 13.4. The highest BCUT2D eigenvalue weighted by Gasteiger charge is 2.34. The van der Waals surface area contributed by atoms with Gasteiger partial charge in [-0.05, 0) is 12.1 Å². The Morgan fingerprint density at radius 1 is 1.16 bits per heavy atom. The topological polar surface area (TPSA) is 64.3 Å². The van der Waals surface area contributed by atoms with Crippen LogP contribution in [0.25, 0.3) is 5.78 Å². The molecule has 2 aromatic heterocycles. The van der Waals surface area contributed by atoms with Gasteiger partial charge in [-0.2, -0.15) is 27.8 Å². The summed E-state index contributed by atoms with van der Waals surface area (Å²) in [4.78, 5) is 7.00. The molecule has 0 radical (unpaired) electrons. The summed E-state index contributed by atoms with van der Waals surface area (Å²) < 4.78 is 70.9. The van der Waals surface area contributed by atoms with Gasteiger partial charge in [0.25, 0.3) is 5.78 Å². The molecule has 0 atom stereocenters. The van der Waals surface area contributed by atoms with E-state index in [0.29, 0.717) is 6.07 Å². The van der Waals surface area contributed by atoms with Crippen molar-refractivity contribution in [2.45, 2.75) is 6.18 Å². The first-order valence-electron chi connectivity index (χ1n) is 6.94. The molecule has 0 spiro atoms. The molecule has 0 fully saturated rings. The lowest BCUT2D eigenvalue weighted by Crippen LogP contribution is -2.17. The van der Waals surface area contributed by atoms with Gasteiger partial charge in [-0.15, -0.1) is 0 Å². The third kappa shape index (κ3) is 3.75. The smallest absolute Gasteiger partial charge is 0.433 e. The monoisotopic (exact) mass is 359 g/mol. The third-order valence-corrected chi connectivity index (χ3v) is 3.10. The molecule has 1 N–H and O–H groups in total. The fraction of sp³-hybridized carbons (Fsp3) is 0.214. The van der Waals surface area contributed by atoms with Crippen LogP contribution in [0.2, 0.25) is 0 Å². The summed E-state index contributed by atoms with van der Waals surface area (Å²) in [5.74, 6) is -2.00. The van der Waals surface area contributed by atoms with E-state index in [4.69, 9.17) is 4.74 Å². The van der Waals surface area contributed by atoms with Crippen molar-refractivity contribution in [3.63, 3.8) is 0 Å². The van der Waals surface area contributed by atoms with Gasteiger partial charge in [0.05, 0.1) is 6.54 Å². The third-order valence-electron chi connectivity index (χ3n) is 3.10. The van der Waals surface area contributed by atoms with Crippen LogP contribution in [-0.2, 0) is 6.18 Å². The predicted octanol–water partition coefficient (Wildman–Crippen LogP) is 2.91. The second kappa shape index (κ2) is 6.49. The molecule has 6 nitrogen and oxygen atoms in total. The summed E-state index contributed by atoms with van der Waals surface area (Å²) in [6.45, 7) is -0.0461. The van der Waals surface area contributed by atoms with Gasteiger partial charge in [-0.1, -0.05) is 0 Å². The first kappa shape index (κ1) is 16.9. The molecule has 0 aliphatic rings. The molecule has 11 heteroatoms. The van der Waals surface area contributed by atoms with E-state index in [2.05, 4.69) is 20.4 Å². The Hall–Kier alpha value is -2.98. The van der Waals surface area contributed by atoms with Gasteiger partial charge in [-0.25, -0.2) is 13.8 Å². The number of fused-ring (bicyclic) bond motifs is 1. The molecule has 0 unspecified atom stereocenters. The van der Waals surface area contributed by atoms with Crippen molar-refractivity contribution in [1.82, 2.24) is 19.6 Å². The molecule has 2 heterocycles. The molecule has 0 saturated heterocycles. The van der Waals surface area contributed by atoms with Gasteiger partial charge in [0.15, 0.2) is 17.3 Å². The Morgan fingerprint density at radius 2 is 1.96 bits per heavy atom. The van der Waals surface area contributed by atoms with E-state index in [1.165, 1.54) is 0 Å². The molecule has 25 heavy (non-hydrogen) atoms. The largest absolute Gasteiger partial charge is 0.489 e. The minimum absolute atomic E-state index is 0.00185. The van der Waals surface area contributed by atoms with Crippen molar-refractivity contribution >= 4 is 11.6 Å². The Morgan fingerprint density at radius 3 is 2.68 bits per heavy atom. The van der Waals surface area contributed by atoms with Gasteiger partial charge in [0.2, 0.25) is 0 Å². The van der Waals surface area contributed by atoms with Crippen molar-refractivity contribution in [3.05, 3.63) is 47.9 Å². The number of rotatable bonds is 5. The second-order valence-electron chi connectivity index (χ2n) is 4.85. The number of alkyl halides is 3. The van der Waals surface area contributed by atoms with Gasteiger partial charge in [-0.3, -0.25) is 0 Å². The fourth-order valence-electron chi connectivity index (χ4n) is 2.02. The van der Waals surface area contributed by atoms with E-state index in [1.54, 1.807) is 0 Å². The predicted molar refractivity (Wildman–Crippen MR) is 76.1 cm³/mol. The highest BCUT2D eigenvalue weighted by Crippen LogP contribution is 2.29. The van der Waals surface area contributed by atoms with Gasteiger partial charge < -0.3 is 10.1 Å². The van der Waals surface area contributed by atoms with Crippen molar-refractivity contribution in [2.24, 2.45) is 0 Å². The van der Waals surface area contributed by atoms with Crippen LogP contribution in [0.3, 0.4) is 0 Å². The first-order valence-corrected chi connectivity index (χ1v) is 6.94. The zero-order chi connectivity index (χ0) is 18.0. The average molecular weight is 359 g/mol. The Labute approximate surface area is 137 Å². The lowest BCUT2D eigenvalue weighted by molar-refractivity contribution is -0.141. The van der Waals surface area contributed by atoms with E-state index < -0.39 is 23.5 Å². The lowest BCUT2D eigenvalue weighted by atomic mass is 10.3. The molecular weight excluding hydrogens is 349 g/mol. The maximum atomic E-state index is 13.4. The van der Waals surface area contributed by atoms with Crippen LogP contribution in [0.5, 0.6) is 5.75 Å². The van der Waals surface area contributed by atoms with E-state index in [9.17, 15) is 22.0 Å². The van der Waals surface area contributed by atoms with Gasteiger partial charge in [0, 0.05) is 12.1 Å². The van der Waals surface area contributed by atoms with Gasteiger partial charge in [0.1, 0.15) is 24.6 Å². The first-order chi connectivity index (χ1) is 11.8. The van der Waals surface area contributed by atoms with Crippen molar-refractivity contribution in [3.8, 4) is 5.75 Å². The van der Waals surface area contributed by atoms with E-state index in [-0.39, 0.29) is 30.5 Å². The van der Waals surface area contributed by atoms with Crippen LogP contribution in [0, 0.1) is 11.6 Å². The molecular formula is C14H10F5N5O. The number of halogens is 5. The number of nitrogens with zero attached hydrogens (tertiary/aromatic N) is 4. The highest BCUT2D eigenvalue weighted by molar-refractivity contribution is 5.45. The SMILES string of the molecule is Fc1ccc(OCCNc2cc(C(F)(F)F)nc3ncnn23)c(F)c1. The molecule has 0 saturated carbocycles. The summed E-state index contributed by atoms with van der Waals surface area (Å²) in [5, 5.41) is 6.46. The number of anilines is 1. The minimum Gasteiger partial charge on any atom is -0.489 e. The van der Waals surface area contributed by atoms with Crippen molar-refractivity contribution in [1.29, 1.82) is 0 Å². The molecule has 0 amide bonds. The Kier molecular flexibility index (Phi) is 4.38. The van der Waals surface area contributed by atoms with Crippen LogP contribution >= 0.6 is 0 Å². The van der Waals surface area contributed by atoms with Crippen LogP contribution < -0.4 is 10.1 Å². The number of hydrogen-bond acceptors (Lipinski definition) is 5. The normalized spacial score (nSPS) is 11.7. The maximum Gasteiger partial charge on any atom is 0.433 e. The minimum atomic E-state index is -4.64. The molecule has 3 aromatic rings. The van der Waals surface area contributed by atoms with E-state index in [0.717, 1.165) is 29.0 Å². The van der Waals surface area contributed by atoms with Crippen LogP contribution in [0.4, 0.5) is 27.8 Å². The fourth-order valence-corrected chi connectivity index (χ4v) is 2.02. The number of ether oxygens (including phenoxy) is 1. The number of benzene rings is 1. The van der Waals surface area contributed by atoms with Gasteiger partial charge >= 0.3 is 6.18 Å². The summed E-state index contributed by atoms with van der Waals surface area (Å²) in [5.41, 5.74) is -1.12. The summed E-state index contributed by atoms with van der Waals surface area (Å²) in [6, 6.07) is 3.60. The molecule has 0 aliphatic heterocycles. The average Bonchev–Trinajstić information content (AvgIpc) is 3.00. The van der Waals surface area contributed by atoms with Crippen molar-refractivity contribution < 1.29 is 26.7 Å². The van der Waals surface area contributed by atoms with Crippen molar-refractivity contribution in [2.75, 3.05) is 18.5 Å². The molecule has 0 bridgehead atoms. The second-order valence-corrected chi connectivity index (χ2v) is 4.85. The number of nitrogens with one attached hydrogen (secondary N) is 1. The van der Waals surface area contributed by atoms with E-state index >= 15 is 0 Å². The summed E-state index contributed by atoms with van der Waals surface area (Å²) in [7, 11) is 0. The molecule has 132 valence electrons. The summed E-state index contributed by atoms with van der Waals surface area (Å²) >= 11 is 0. The van der Waals surface area contributed by atoms with Crippen LogP contribution in [0.15, 0.2) is 30.6 Å². The molecule has 1 aromatic carbocycles. The zero-order valence-electron chi connectivity index (χ0n) is 12.4. The van der Waals surface area contributed by atoms with E-state index in [1.807, 2.05) is 0 Å².